The fourth-order valence-corrected chi connectivity index (χ4v) is 4.27. The number of hydrogen-bond acceptors (Lipinski definition) is 5. The first kappa shape index (κ1) is 20.7. The third-order valence-corrected chi connectivity index (χ3v) is 5.86. The van der Waals surface area contributed by atoms with E-state index < -0.39 is 11.8 Å². The summed E-state index contributed by atoms with van der Waals surface area (Å²) in [6, 6.07) is 13.3. The Bertz CT molecular complexity index is 1050. The minimum Gasteiger partial charge on any atom is -0.378 e. The van der Waals surface area contributed by atoms with Crippen LogP contribution in [0.2, 0.25) is 0 Å². The molecule has 0 unspecified atom stereocenters. The number of carbonyl (C=O) groups is 2. The Morgan fingerprint density at radius 2 is 1.80 bits per heavy atom. The van der Waals surface area contributed by atoms with Crippen molar-refractivity contribution >= 4 is 62.5 Å². The number of aryl methyl sites for hydroxylation is 1. The molecule has 0 aliphatic carbocycles. The highest BCUT2D eigenvalue weighted by Crippen LogP contribution is 2.28. The highest BCUT2D eigenvalue weighted by Gasteiger charge is 2.35. The van der Waals surface area contributed by atoms with Gasteiger partial charge in [-0.15, -0.1) is 0 Å². The molecular weight excluding hydrogens is 466 g/mol. The first-order chi connectivity index (χ1) is 14.4. The van der Waals surface area contributed by atoms with Gasteiger partial charge in [-0.05, 0) is 66.7 Å². The van der Waals surface area contributed by atoms with Gasteiger partial charge < -0.3 is 9.64 Å². The van der Waals surface area contributed by atoms with Crippen LogP contribution in [0, 0.1) is 6.92 Å². The summed E-state index contributed by atoms with van der Waals surface area (Å²) in [5.41, 5.74) is 3.41. The van der Waals surface area contributed by atoms with Crippen molar-refractivity contribution in [3.63, 3.8) is 0 Å². The number of amides is 2. The van der Waals surface area contributed by atoms with Crippen LogP contribution in [0.1, 0.15) is 11.1 Å². The van der Waals surface area contributed by atoms with Crippen molar-refractivity contribution in [2.45, 2.75) is 6.92 Å². The van der Waals surface area contributed by atoms with E-state index in [9.17, 15) is 9.59 Å². The number of anilines is 2. The lowest BCUT2D eigenvalue weighted by atomic mass is 10.1. The molecule has 0 saturated carbocycles. The molecule has 2 aromatic carbocycles. The van der Waals surface area contributed by atoms with Crippen LogP contribution in [0.4, 0.5) is 11.4 Å². The molecule has 2 saturated heterocycles. The Labute approximate surface area is 188 Å². The summed E-state index contributed by atoms with van der Waals surface area (Å²) in [5, 5.41) is 2.71. The van der Waals surface area contributed by atoms with Crippen molar-refractivity contribution in [2.24, 2.45) is 0 Å². The van der Waals surface area contributed by atoms with Crippen LogP contribution < -0.4 is 15.1 Å². The number of carbonyl (C=O) groups excluding carboxylic acids is 2. The highest BCUT2D eigenvalue weighted by atomic mass is 79.9. The molecule has 0 atom stereocenters. The zero-order chi connectivity index (χ0) is 21.3. The fourth-order valence-electron chi connectivity index (χ4n) is 3.52. The monoisotopic (exact) mass is 485 g/mol. The Balaban J connectivity index is 1.62. The van der Waals surface area contributed by atoms with Crippen LogP contribution in [-0.2, 0) is 14.3 Å². The van der Waals surface area contributed by atoms with Gasteiger partial charge in [0.25, 0.3) is 11.8 Å². The van der Waals surface area contributed by atoms with E-state index >= 15 is 0 Å². The lowest BCUT2D eigenvalue weighted by molar-refractivity contribution is -0.122. The van der Waals surface area contributed by atoms with E-state index in [0.29, 0.717) is 18.9 Å². The molecule has 8 heteroatoms. The van der Waals surface area contributed by atoms with Gasteiger partial charge >= 0.3 is 0 Å². The van der Waals surface area contributed by atoms with Gasteiger partial charge in [0.1, 0.15) is 5.57 Å². The van der Waals surface area contributed by atoms with Gasteiger partial charge in [0, 0.05) is 23.2 Å². The SMILES string of the molecule is Cc1cc(Br)ccc1N1C(=O)C(=Cc2ccc(N3CCOCC3)cc2)C(=O)NC1=S. The summed E-state index contributed by atoms with van der Waals surface area (Å²) in [4.78, 5) is 29.3. The van der Waals surface area contributed by atoms with E-state index in [1.54, 1.807) is 12.1 Å². The lowest BCUT2D eigenvalue weighted by Gasteiger charge is -2.30. The fraction of sp³-hybridized carbons (Fsp3) is 0.227. The van der Waals surface area contributed by atoms with Crippen molar-refractivity contribution in [2.75, 3.05) is 36.1 Å². The molecule has 2 heterocycles. The number of halogens is 1. The van der Waals surface area contributed by atoms with Gasteiger partial charge in [-0.3, -0.25) is 19.8 Å². The molecule has 2 aliphatic heterocycles. The molecule has 0 bridgehead atoms. The van der Waals surface area contributed by atoms with Gasteiger partial charge in [-0.25, -0.2) is 0 Å². The maximum atomic E-state index is 13.2. The zero-order valence-electron chi connectivity index (χ0n) is 16.4. The van der Waals surface area contributed by atoms with Crippen molar-refractivity contribution < 1.29 is 14.3 Å². The number of rotatable bonds is 3. The Kier molecular flexibility index (Phi) is 5.99. The van der Waals surface area contributed by atoms with Crippen LogP contribution in [0.15, 0.2) is 52.5 Å². The van der Waals surface area contributed by atoms with Crippen molar-refractivity contribution in [3.05, 3.63) is 63.6 Å². The lowest BCUT2D eigenvalue weighted by Crippen LogP contribution is -2.54. The number of thiocarbonyl (C=S) groups is 1. The molecule has 1 N–H and O–H groups in total. The predicted molar refractivity (Wildman–Crippen MR) is 125 cm³/mol. The molecule has 2 fully saturated rings. The molecule has 0 radical (unpaired) electrons. The summed E-state index contributed by atoms with van der Waals surface area (Å²) in [5.74, 6) is -0.931. The molecule has 2 amide bonds. The topological polar surface area (TPSA) is 61.9 Å². The van der Waals surface area contributed by atoms with E-state index in [1.165, 1.54) is 4.90 Å². The maximum absolute atomic E-state index is 13.2. The summed E-state index contributed by atoms with van der Waals surface area (Å²) < 4.78 is 6.29. The molecular formula is C22H20BrN3O3S. The largest absolute Gasteiger partial charge is 0.378 e. The molecule has 2 aliphatic rings. The van der Waals surface area contributed by atoms with Crippen LogP contribution in [0.5, 0.6) is 0 Å². The third-order valence-electron chi connectivity index (χ3n) is 5.08. The standard InChI is InChI=1S/C22H20BrN3O3S/c1-14-12-16(23)4-7-19(14)26-21(28)18(20(27)24-22(26)30)13-15-2-5-17(6-3-15)25-8-10-29-11-9-25/h2-7,12-13H,8-11H2,1H3,(H,24,27,30). The normalized spacial score (nSPS) is 18.7. The second-order valence-corrected chi connectivity index (χ2v) is 8.38. The Morgan fingerprint density at radius 3 is 2.47 bits per heavy atom. The molecule has 4 rings (SSSR count). The molecule has 30 heavy (non-hydrogen) atoms. The van der Waals surface area contributed by atoms with E-state index in [1.807, 2.05) is 43.3 Å². The number of ether oxygens (including phenoxy) is 1. The van der Waals surface area contributed by atoms with Crippen LogP contribution in [-0.4, -0.2) is 43.2 Å². The number of nitrogens with one attached hydrogen (secondary N) is 1. The summed E-state index contributed by atoms with van der Waals surface area (Å²) in [6.07, 6.45) is 1.60. The minimum atomic E-state index is -0.492. The number of morpholine rings is 1. The average molecular weight is 486 g/mol. The first-order valence-corrected chi connectivity index (χ1v) is 10.7. The Morgan fingerprint density at radius 1 is 1.10 bits per heavy atom. The summed E-state index contributed by atoms with van der Waals surface area (Å²) >= 11 is 8.70. The molecule has 6 nitrogen and oxygen atoms in total. The average Bonchev–Trinajstić information content (AvgIpc) is 2.73. The van der Waals surface area contributed by atoms with Crippen LogP contribution in [0.3, 0.4) is 0 Å². The van der Waals surface area contributed by atoms with Crippen molar-refractivity contribution in [1.29, 1.82) is 0 Å². The smallest absolute Gasteiger partial charge is 0.270 e. The Hall–Kier alpha value is -2.55. The zero-order valence-corrected chi connectivity index (χ0v) is 18.8. The van der Waals surface area contributed by atoms with Crippen LogP contribution in [0.25, 0.3) is 6.08 Å². The van der Waals surface area contributed by atoms with Crippen molar-refractivity contribution in [1.82, 2.24) is 5.32 Å². The van der Waals surface area contributed by atoms with Gasteiger partial charge in [0.05, 0.1) is 18.9 Å². The minimum absolute atomic E-state index is 0.0463. The van der Waals surface area contributed by atoms with Gasteiger partial charge in [0.2, 0.25) is 0 Å². The van der Waals surface area contributed by atoms with E-state index in [2.05, 4.69) is 26.1 Å². The number of benzene rings is 2. The maximum Gasteiger partial charge on any atom is 0.270 e. The van der Waals surface area contributed by atoms with Gasteiger partial charge in [-0.1, -0.05) is 28.1 Å². The van der Waals surface area contributed by atoms with Crippen LogP contribution >= 0.6 is 28.1 Å². The number of hydrogen-bond donors (Lipinski definition) is 1. The second-order valence-electron chi connectivity index (χ2n) is 7.08. The molecule has 154 valence electrons. The highest BCUT2D eigenvalue weighted by molar-refractivity contribution is 9.10. The van der Waals surface area contributed by atoms with Gasteiger partial charge in [0.15, 0.2) is 5.11 Å². The predicted octanol–water partition coefficient (Wildman–Crippen LogP) is 3.43. The van der Waals surface area contributed by atoms with Gasteiger partial charge in [-0.2, -0.15) is 0 Å². The quantitative estimate of drug-likeness (QED) is 0.410. The van der Waals surface area contributed by atoms with Crippen molar-refractivity contribution in [3.8, 4) is 0 Å². The van der Waals surface area contributed by atoms with E-state index in [4.69, 9.17) is 17.0 Å². The first-order valence-electron chi connectivity index (χ1n) is 9.54. The second kappa shape index (κ2) is 8.67. The third kappa shape index (κ3) is 4.16. The number of nitrogens with zero attached hydrogens (tertiary/aromatic N) is 2. The molecule has 2 aromatic rings. The molecule has 0 aromatic heterocycles. The summed E-state index contributed by atoms with van der Waals surface area (Å²) in [6.45, 7) is 5.01. The molecule has 0 spiro atoms. The van der Waals surface area contributed by atoms with E-state index in [0.717, 1.165) is 34.4 Å². The van der Waals surface area contributed by atoms with E-state index in [-0.39, 0.29) is 10.7 Å². The summed E-state index contributed by atoms with van der Waals surface area (Å²) in [7, 11) is 0.